The highest BCUT2D eigenvalue weighted by atomic mass is 79.9. The maximum atomic E-state index is 11.9. The van der Waals surface area contributed by atoms with E-state index in [1.54, 1.807) is 23.8 Å². The normalized spacial score (nSPS) is 10.8. The summed E-state index contributed by atoms with van der Waals surface area (Å²) in [5.41, 5.74) is 0.640. The van der Waals surface area contributed by atoms with Crippen molar-refractivity contribution >= 4 is 15.9 Å². The largest absolute Gasteiger partial charge is 0.339 e. The van der Waals surface area contributed by atoms with Gasteiger partial charge in [-0.2, -0.15) is 4.98 Å². The number of hydrogen-bond donors (Lipinski definition) is 0. The van der Waals surface area contributed by atoms with E-state index >= 15 is 0 Å². The molecule has 96 valence electrons. The molecular weight excluding hydrogens is 298 g/mol. The van der Waals surface area contributed by atoms with Crippen molar-refractivity contribution in [3.05, 3.63) is 44.4 Å². The number of hydrogen-bond acceptors (Lipinski definition) is 4. The van der Waals surface area contributed by atoms with Crippen molar-refractivity contribution in [1.82, 2.24) is 14.7 Å². The minimum atomic E-state index is -0.0416. The van der Waals surface area contributed by atoms with Crippen LogP contribution in [0.1, 0.15) is 30.6 Å². The monoisotopic (exact) mass is 311 g/mol. The average Bonchev–Trinajstić information content (AvgIpc) is 2.73. The van der Waals surface area contributed by atoms with Gasteiger partial charge in [0, 0.05) is 22.7 Å². The molecule has 0 radical (unpaired) electrons. The van der Waals surface area contributed by atoms with Gasteiger partial charge in [0.25, 0.3) is 5.56 Å². The second kappa shape index (κ2) is 5.48. The van der Waals surface area contributed by atoms with Crippen LogP contribution in [0.2, 0.25) is 0 Å². The van der Waals surface area contributed by atoms with Crippen LogP contribution in [0.25, 0.3) is 0 Å². The van der Waals surface area contributed by atoms with Gasteiger partial charge in [-0.15, -0.1) is 0 Å². The molecule has 0 amide bonds. The molecule has 0 unspecified atom stereocenters. The molecule has 5 nitrogen and oxygen atoms in total. The first-order valence-electron chi connectivity index (χ1n) is 5.78. The molecule has 6 heteroatoms. The molecule has 2 aromatic heterocycles. The van der Waals surface area contributed by atoms with E-state index in [9.17, 15) is 4.79 Å². The second-order valence-corrected chi connectivity index (χ2v) is 5.04. The summed E-state index contributed by atoms with van der Waals surface area (Å²) >= 11 is 3.37. The van der Waals surface area contributed by atoms with Crippen molar-refractivity contribution in [2.45, 2.75) is 33.2 Å². The topological polar surface area (TPSA) is 60.9 Å². The maximum absolute atomic E-state index is 11.9. The van der Waals surface area contributed by atoms with Crippen molar-refractivity contribution < 1.29 is 4.52 Å². The first kappa shape index (κ1) is 13.0. The zero-order chi connectivity index (χ0) is 13.1. The molecule has 18 heavy (non-hydrogen) atoms. The van der Waals surface area contributed by atoms with E-state index in [2.05, 4.69) is 26.1 Å². The van der Waals surface area contributed by atoms with Crippen LogP contribution in [0.3, 0.4) is 0 Å². The lowest BCUT2D eigenvalue weighted by Gasteiger charge is -2.04. The molecule has 0 bridgehead atoms. The fourth-order valence-corrected chi connectivity index (χ4v) is 2.27. The highest BCUT2D eigenvalue weighted by Gasteiger charge is 2.08. The van der Waals surface area contributed by atoms with E-state index in [0.29, 0.717) is 23.8 Å². The zero-order valence-corrected chi connectivity index (χ0v) is 11.9. The Bertz CT molecular complexity index is 604. The standard InChI is InChI=1S/C12H14BrN3O2/c1-3-4-11-14-10(15-18-11)7-16-6-9(13)5-8(2)12(16)17/h5-6H,3-4,7H2,1-2H3. The van der Waals surface area contributed by atoms with Crippen LogP contribution in [0.4, 0.5) is 0 Å². The van der Waals surface area contributed by atoms with Gasteiger partial charge >= 0.3 is 0 Å². The quantitative estimate of drug-likeness (QED) is 0.869. The van der Waals surface area contributed by atoms with Gasteiger partial charge in [0.05, 0.1) is 6.54 Å². The molecule has 0 fully saturated rings. The molecule has 2 aromatic rings. The fourth-order valence-electron chi connectivity index (χ4n) is 1.68. The molecule has 0 saturated heterocycles. The minimum Gasteiger partial charge on any atom is -0.339 e. The summed E-state index contributed by atoms with van der Waals surface area (Å²) in [6.07, 6.45) is 3.45. The van der Waals surface area contributed by atoms with Gasteiger partial charge in [0.1, 0.15) is 0 Å². The Morgan fingerprint density at radius 2 is 2.28 bits per heavy atom. The first-order valence-corrected chi connectivity index (χ1v) is 6.57. The smallest absolute Gasteiger partial charge is 0.253 e. The molecular formula is C12H14BrN3O2. The number of aryl methyl sites for hydroxylation is 2. The Labute approximate surface area is 113 Å². The van der Waals surface area contributed by atoms with Crippen LogP contribution >= 0.6 is 15.9 Å². The third-order valence-electron chi connectivity index (χ3n) is 2.52. The van der Waals surface area contributed by atoms with Crippen molar-refractivity contribution in [3.8, 4) is 0 Å². The van der Waals surface area contributed by atoms with Gasteiger partial charge in [0.2, 0.25) is 5.89 Å². The number of halogens is 1. The second-order valence-electron chi connectivity index (χ2n) is 4.13. The van der Waals surface area contributed by atoms with Gasteiger partial charge in [-0.25, -0.2) is 0 Å². The Balaban J connectivity index is 2.25. The molecule has 0 atom stereocenters. The number of pyridine rings is 1. The Morgan fingerprint density at radius 3 is 3.00 bits per heavy atom. The number of nitrogens with zero attached hydrogens (tertiary/aromatic N) is 3. The van der Waals surface area contributed by atoms with Gasteiger partial charge in [-0.05, 0) is 35.3 Å². The highest BCUT2D eigenvalue weighted by Crippen LogP contribution is 2.09. The average molecular weight is 312 g/mol. The minimum absolute atomic E-state index is 0.0416. The maximum Gasteiger partial charge on any atom is 0.253 e. The van der Waals surface area contributed by atoms with E-state index < -0.39 is 0 Å². The molecule has 0 N–H and O–H groups in total. The van der Waals surface area contributed by atoms with E-state index in [4.69, 9.17) is 4.52 Å². The Kier molecular flexibility index (Phi) is 3.96. The number of aromatic nitrogens is 3. The Hall–Kier alpha value is -1.43. The molecule has 0 saturated carbocycles. The summed E-state index contributed by atoms with van der Waals surface area (Å²) in [4.78, 5) is 16.2. The van der Waals surface area contributed by atoms with Gasteiger partial charge in [0.15, 0.2) is 5.82 Å². The van der Waals surface area contributed by atoms with E-state index in [-0.39, 0.29) is 5.56 Å². The summed E-state index contributed by atoms with van der Waals surface area (Å²) in [7, 11) is 0. The van der Waals surface area contributed by atoms with Crippen molar-refractivity contribution in [1.29, 1.82) is 0 Å². The predicted molar refractivity (Wildman–Crippen MR) is 70.5 cm³/mol. The fraction of sp³-hybridized carbons (Fsp3) is 0.417. The van der Waals surface area contributed by atoms with Crippen LogP contribution in [-0.4, -0.2) is 14.7 Å². The summed E-state index contributed by atoms with van der Waals surface area (Å²) < 4.78 is 7.52. The lowest BCUT2D eigenvalue weighted by molar-refractivity contribution is 0.371. The zero-order valence-electron chi connectivity index (χ0n) is 10.3. The molecule has 0 aliphatic carbocycles. The molecule has 0 spiro atoms. The summed E-state index contributed by atoms with van der Waals surface area (Å²) in [6, 6.07) is 1.79. The summed E-state index contributed by atoms with van der Waals surface area (Å²) in [6.45, 7) is 4.15. The summed E-state index contributed by atoms with van der Waals surface area (Å²) in [5, 5.41) is 3.87. The molecule has 0 aliphatic rings. The molecule has 2 heterocycles. The first-order chi connectivity index (χ1) is 8.60. The van der Waals surface area contributed by atoms with E-state index in [1.165, 1.54) is 0 Å². The Morgan fingerprint density at radius 1 is 1.50 bits per heavy atom. The van der Waals surface area contributed by atoms with Gasteiger partial charge in [-0.1, -0.05) is 12.1 Å². The predicted octanol–water partition coefficient (Wildman–Crippen LogP) is 2.30. The SMILES string of the molecule is CCCc1nc(Cn2cc(Br)cc(C)c2=O)no1. The van der Waals surface area contributed by atoms with Crippen LogP contribution in [0, 0.1) is 6.92 Å². The van der Waals surface area contributed by atoms with E-state index in [1.807, 2.05) is 6.92 Å². The molecule has 0 aromatic carbocycles. The summed E-state index contributed by atoms with van der Waals surface area (Å²) in [5.74, 6) is 1.14. The van der Waals surface area contributed by atoms with Crippen LogP contribution in [0.15, 0.2) is 26.1 Å². The van der Waals surface area contributed by atoms with Crippen LogP contribution in [0.5, 0.6) is 0 Å². The van der Waals surface area contributed by atoms with Gasteiger partial charge < -0.3 is 9.09 Å². The van der Waals surface area contributed by atoms with Crippen molar-refractivity contribution in [3.63, 3.8) is 0 Å². The third-order valence-corrected chi connectivity index (χ3v) is 2.95. The van der Waals surface area contributed by atoms with Gasteiger partial charge in [-0.3, -0.25) is 4.79 Å². The van der Waals surface area contributed by atoms with Crippen LogP contribution in [-0.2, 0) is 13.0 Å². The van der Waals surface area contributed by atoms with Crippen molar-refractivity contribution in [2.75, 3.05) is 0 Å². The third kappa shape index (κ3) is 2.87. The lowest BCUT2D eigenvalue weighted by atomic mass is 10.3. The van der Waals surface area contributed by atoms with Crippen molar-refractivity contribution in [2.24, 2.45) is 0 Å². The van der Waals surface area contributed by atoms with Crippen LogP contribution < -0.4 is 5.56 Å². The van der Waals surface area contributed by atoms with E-state index in [0.717, 1.165) is 17.3 Å². The molecule has 0 aliphatic heterocycles. The molecule has 2 rings (SSSR count). The lowest BCUT2D eigenvalue weighted by Crippen LogP contribution is -2.22. The number of rotatable bonds is 4. The highest BCUT2D eigenvalue weighted by molar-refractivity contribution is 9.10.